The maximum absolute atomic E-state index is 12.5. The fraction of sp³-hybridized carbons (Fsp3) is 0.0833. The molecule has 0 aliphatic carbocycles. The molecule has 1 aromatic heterocycles. The standard InChI is InChI=1S/C12H9F3N2O/c13-12(14,15)8-3-1-4-9(7-8)17-11-10(18)5-2-6-16-11/h1-7,18H,(H,16,17). The fourth-order valence-electron chi connectivity index (χ4n) is 1.40. The number of aromatic hydroxyl groups is 1. The Bertz CT molecular complexity index is 555. The summed E-state index contributed by atoms with van der Waals surface area (Å²) in [4.78, 5) is 3.82. The molecule has 0 fully saturated rings. The van der Waals surface area contributed by atoms with Crippen LogP contribution >= 0.6 is 0 Å². The van der Waals surface area contributed by atoms with Crippen molar-refractivity contribution in [2.24, 2.45) is 0 Å². The van der Waals surface area contributed by atoms with E-state index >= 15 is 0 Å². The molecule has 2 N–H and O–H groups in total. The van der Waals surface area contributed by atoms with Crippen molar-refractivity contribution in [2.75, 3.05) is 5.32 Å². The SMILES string of the molecule is Oc1cccnc1Nc1cccc(C(F)(F)F)c1. The maximum atomic E-state index is 12.5. The number of hydrogen-bond donors (Lipinski definition) is 2. The number of aromatic nitrogens is 1. The molecular weight excluding hydrogens is 245 g/mol. The van der Waals surface area contributed by atoms with Crippen LogP contribution in [0, 0.1) is 0 Å². The molecule has 2 aromatic rings. The number of nitrogens with one attached hydrogen (secondary N) is 1. The highest BCUT2D eigenvalue weighted by Crippen LogP contribution is 2.32. The van der Waals surface area contributed by atoms with Gasteiger partial charge < -0.3 is 10.4 Å². The lowest BCUT2D eigenvalue weighted by Crippen LogP contribution is -2.05. The highest BCUT2D eigenvalue weighted by atomic mass is 19.4. The molecule has 6 heteroatoms. The lowest BCUT2D eigenvalue weighted by molar-refractivity contribution is -0.137. The zero-order valence-corrected chi connectivity index (χ0v) is 9.07. The van der Waals surface area contributed by atoms with E-state index in [4.69, 9.17) is 0 Å². The summed E-state index contributed by atoms with van der Waals surface area (Å²) < 4.78 is 37.5. The minimum atomic E-state index is -4.40. The molecule has 0 bridgehead atoms. The smallest absolute Gasteiger partial charge is 0.416 e. The van der Waals surface area contributed by atoms with Crippen molar-refractivity contribution in [3.8, 4) is 5.75 Å². The van der Waals surface area contributed by atoms with Gasteiger partial charge in [-0.15, -0.1) is 0 Å². The second kappa shape index (κ2) is 4.56. The van der Waals surface area contributed by atoms with E-state index in [1.54, 1.807) is 0 Å². The molecule has 2 rings (SSSR count). The fourth-order valence-corrected chi connectivity index (χ4v) is 1.40. The number of anilines is 2. The maximum Gasteiger partial charge on any atom is 0.416 e. The van der Waals surface area contributed by atoms with Gasteiger partial charge in [-0.3, -0.25) is 0 Å². The molecule has 0 atom stereocenters. The van der Waals surface area contributed by atoms with Gasteiger partial charge in [-0.1, -0.05) is 6.07 Å². The third kappa shape index (κ3) is 2.71. The molecular formula is C12H9F3N2O. The highest BCUT2D eigenvalue weighted by Gasteiger charge is 2.30. The zero-order valence-electron chi connectivity index (χ0n) is 9.07. The van der Waals surface area contributed by atoms with Crippen molar-refractivity contribution in [1.82, 2.24) is 4.98 Å². The van der Waals surface area contributed by atoms with Crippen LogP contribution in [0.2, 0.25) is 0 Å². The molecule has 0 saturated heterocycles. The minimum absolute atomic E-state index is 0.108. The second-order valence-corrected chi connectivity index (χ2v) is 3.57. The third-order valence-corrected chi connectivity index (χ3v) is 2.24. The van der Waals surface area contributed by atoms with E-state index in [0.717, 1.165) is 12.1 Å². The summed E-state index contributed by atoms with van der Waals surface area (Å²) >= 11 is 0. The Morgan fingerprint density at radius 2 is 1.89 bits per heavy atom. The monoisotopic (exact) mass is 254 g/mol. The number of halogens is 3. The molecule has 0 radical (unpaired) electrons. The molecule has 94 valence electrons. The van der Waals surface area contributed by atoms with Crippen LogP contribution in [-0.4, -0.2) is 10.1 Å². The van der Waals surface area contributed by atoms with Crippen LogP contribution in [-0.2, 0) is 6.18 Å². The van der Waals surface area contributed by atoms with Crippen molar-refractivity contribution >= 4 is 11.5 Å². The van der Waals surface area contributed by atoms with Gasteiger partial charge in [0.15, 0.2) is 11.6 Å². The quantitative estimate of drug-likeness (QED) is 0.861. The van der Waals surface area contributed by atoms with Crippen molar-refractivity contribution in [1.29, 1.82) is 0 Å². The summed E-state index contributed by atoms with van der Waals surface area (Å²) in [5.74, 6) is -0.0215. The van der Waals surface area contributed by atoms with Gasteiger partial charge in [0.1, 0.15) is 0 Å². The molecule has 1 aromatic carbocycles. The normalized spacial score (nSPS) is 11.3. The van der Waals surface area contributed by atoms with E-state index in [1.165, 1.54) is 30.5 Å². The predicted molar refractivity (Wildman–Crippen MR) is 60.6 cm³/mol. The Balaban J connectivity index is 2.28. The van der Waals surface area contributed by atoms with Crippen LogP contribution in [0.15, 0.2) is 42.6 Å². The van der Waals surface area contributed by atoms with E-state index in [-0.39, 0.29) is 17.3 Å². The Morgan fingerprint density at radius 1 is 1.11 bits per heavy atom. The van der Waals surface area contributed by atoms with Gasteiger partial charge in [-0.2, -0.15) is 13.2 Å². The largest absolute Gasteiger partial charge is 0.504 e. The van der Waals surface area contributed by atoms with Crippen LogP contribution in [0.25, 0.3) is 0 Å². The van der Waals surface area contributed by atoms with E-state index in [2.05, 4.69) is 10.3 Å². The van der Waals surface area contributed by atoms with Gasteiger partial charge in [-0.25, -0.2) is 4.98 Å². The summed E-state index contributed by atoms with van der Waals surface area (Å²) in [6.07, 6.45) is -2.97. The number of pyridine rings is 1. The zero-order chi connectivity index (χ0) is 13.2. The highest BCUT2D eigenvalue weighted by molar-refractivity contribution is 5.62. The van der Waals surface area contributed by atoms with Crippen molar-refractivity contribution in [3.63, 3.8) is 0 Å². The van der Waals surface area contributed by atoms with E-state index < -0.39 is 11.7 Å². The average Bonchev–Trinajstić information content (AvgIpc) is 2.31. The van der Waals surface area contributed by atoms with Crippen LogP contribution in [0.3, 0.4) is 0 Å². The Labute approximate surface area is 101 Å². The number of rotatable bonds is 2. The van der Waals surface area contributed by atoms with Crippen LogP contribution in [0.5, 0.6) is 5.75 Å². The number of nitrogens with zero attached hydrogens (tertiary/aromatic N) is 1. The van der Waals surface area contributed by atoms with E-state index in [1.807, 2.05) is 0 Å². The number of benzene rings is 1. The topological polar surface area (TPSA) is 45.2 Å². The molecule has 0 unspecified atom stereocenters. The summed E-state index contributed by atoms with van der Waals surface area (Å²) in [7, 11) is 0. The number of hydrogen-bond acceptors (Lipinski definition) is 3. The molecule has 0 amide bonds. The first-order valence-corrected chi connectivity index (χ1v) is 5.05. The van der Waals surface area contributed by atoms with Crippen LogP contribution in [0.1, 0.15) is 5.56 Å². The summed E-state index contributed by atoms with van der Waals surface area (Å²) in [6, 6.07) is 7.58. The summed E-state index contributed by atoms with van der Waals surface area (Å²) in [5, 5.41) is 12.1. The molecule has 1 heterocycles. The summed E-state index contributed by atoms with van der Waals surface area (Å²) in [6.45, 7) is 0. The number of alkyl halides is 3. The minimum Gasteiger partial charge on any atom is -0.504 e. The first-order valence-electron chi connectivity index (χ1n) is 5.05. The van der Waals surface area contributed by atoms with Crippen molar-refractivity contribution in [2.45, 2.75) is 6.18 Å². The average molecular weight is 254 g/mol. The van der Waals surface area contributed by atoms with Crippen LogP contribution in [0.4, 0.5) is 24.7 Å². The van der Waals surface area contributed by atoms with E-state index in [9.17, 15) is 18.3 Å². The molecule has 3 nitrogen and oxygen atoms in total. The van der Waals surface area contributed by atoms with Gasteiger partial charge in [0, 0.05) is 11.9 Å². The van der Waals surface area contributed by atoms with Gasteiger partial charge in [-0.05, 0) is 30.3 Å². The van der Waals surface area contributed by atoms with Gasteiger partial charge in [0.25, 0.3) is 0 Å². The molecule has 0 aliphatic rings. The molecule has 0 aliphatic heterocycles. The summed E-state index contributed by atoms with van der Waals surface area (Å²) in [5.41, 5.74) is -0.554. The van der Waals surface area contributed by atoms with Gasteiger partial charge in [0.2, 0.25) is 0 Å². The van der Waals surface area contributed by atoms with Gasteiger partial charge in [0.05, 0.1) is 5.56 Å². The Morgan fingerprint density at radius 3 is 2.56 bits per heavy atom. The Kier molecular flexibility index (Phi) is 3.10. The first-order chi connectivity index (χ1) is 8.47. The predicted octanol–water partition coefficient (Wildman–Crippen LogP) is 3.55. The first kappa shape index (κ1) is 12.2. The third-order valence-electron chi connectivity index (χ3n) is 2.24. The van der Waals surface area contributed by atoms with E-state index in [0.29, 0.717) is 0 Å². The molecule has 0 saturated carbocycles. The second-order valence-electron chi connectivity index (χ2n) is 3.57. The molecule has 0 spiro atoms. The lowest BCUT2D eigenvalue weighted by atomic mass is 10.2. The lowest BCUT2D eigenvalue weighted by Gasteiger charge is -2.10. The molecule has 18 heavy (non-hydrogen) atoms. The van der Waals surface area contributed by atoms with Gasteiger partial charge >= 0.3 is 6.18 Å². The van der Waals surface area contributed by atoms with Crippen molar-refractivity contribution < 1.29 is 18.3 Å². The van der Waals surface area contributed by atoms with Crippen molar-refractivity contribution in [3.05, 3.63) is 48.2 Å². The van der Waals surface area contributed by atoms with Crippen LogP contribution < -0.4 is 5.32 Å². The Hall–Kier alpha value is -2.24.